The molecule has 4 nitrogen and oxygen atoms in total. The molecule has 92 valence electrons. The minimum absolute atomic E-state index is 0.830. The summed E-state index contributed by atoms with van der Waals surface area (Å²) in [6, 6.07) is 1.97. The summed E-state index contributed by atoms with van der Waals surface area (Å²) >= 11 is 3.52. The fourth-order valence-electron chi connectivity index (χ4n) is 1.70. The van der Waals surface area contributed by atoms with Crippen LogP contribution < -0.4 is 5.32 Å². The maximum atomic E-state index is 5.00. The van der Waals surface area contributed by atoms with Crippen molar-refractivity contribution in [2.45, 2.75) is 26.9 Å². The predicted octanol–water partition coefficient (Wildman–Crippen LogP) is 2.65. The molecule has 5 heteroatoms. The third-order valence-corrected chi connectivity index (χ3v) is 3.85. The summed E-state index contributed by atoms with van der Waals surface area (Å²) < 4.78 is 8.12. The van der Waals surface area contributed by atoms with Gasteiger partial charge in [0.2, 0.25) is 0 Å². The highest BCUT2D eigenvalue weighted by Gasteiger charge is 2.07. The molecule has 0 aliphatic heterocycles. The van der Waals surface area contributed by atoms with E-state index < -0.39 is 0 Å². The quantitative estimate of drug-likeness (QED) is 0.863. The average molecular weight is 298 g/mol. The first kappa shape index (κ1) is 12.4. The molecular weight excluding hydrogens is 282 g/mol. The first-order valence-corrected chi connectivity index (χ1v) is 6.39. The third kappa shape index (κ3) is 2.98. The number of rotatable bonds is 5. The summed E-state index contributed by atoms with van der Waals surface area (Å²) in [5.41, 5.74) is 3.38. The SMILES string of the molecule is Cc1nn(CCNCc2ccoc2)c(C)c1Br. The minimum atomic E-state index is 0.830. The molecule has 2 aromatic heterocycles. The van der Waals surface area contributed by atoms with Crippen LogP contribution in [0.4, 0.5) is 0 Å². The molecule has 2 heterocycles. The number of hydrogen-bond acceptors (Lipinski definition) is 3. The molecule has 0 saturated carbocycles. The Morgan fingerprint density at radius 3 is 2.88 bits per heavy atom. The molecular formula is C12H16BrN3O. The summed E-state index contributed by atoms with van der Waals surface area (Å²) in [7, 11) is 0. The van der Waals surface area contributed by atoms with E-state index in [0.717, 1.165) is 29.8 Å². The molecule has 0 unspecified atom stereocenters. The second-order valence-corrected chi connectivity index (χ2v) is 4.81. The average Bonchev–Trinajstić information content (AvgIpc) is 2.90. The van der Waals surface area contributed by atoms with Crippen LogP contribution in [-0.4, -0.2) is 16.3 Å². The van der Waals surface area contributed by atoms with Crippen molar-refractivity contribution in [1.82, 2.24) is 15.1 Å². The lowest BCUT2D eigenvalue weighted by molar-refractivity contribution is 0.535. The topological polar surface area (TPSA) is 43.0 Å². The van der Waals surface area contributed by atoms with Crippen molar-refractivity contribution in [1.29, 1.82) is 0 Å². The number of aryl methyl sites for hydroxylation is 1. The van der Waals surface area contributed by atoms with Gasteiger partial charge in [0.25, 0.3) is 0 Å². The van der Waals surface area contributed by atoms with E-state index in [2.05, 4.69) is 33.3 Å². The number of halogens is 1. The van der Waals surface area contributed by atoms with Gasteiger partial charge in [0.05, 0.1) is 29.2 Å². The first-order chi connectivity index (χ1) is 8.18. The smallest absolute Gasteiger partial charge is 0.0947 e. The Morgan fingerprint density at radius 2 is 2.29 bits per heavy atom. The number of furan rings is 1. The molecule has 0 radical (unpaired) electrons. The van der Waals surface area contributed by atoms with Crippen LogP contribution in [0.3, 0.4) is 0 Å². The summed E-state index contributed by atoms with van der Waals surface area (Å²) in [6.07, 6.45) is 3.45. The van der Waals surface area contributed by atoms with Crippen LogP contribution >= 0.6 is 15.9 Å². The molecule has 0 saturated heterocycles. The summed E-state index contributed by atoms with van der Waals surface area (Å²) in [5, 5.41) is 7.81. The highest BCUT2D eigenvalue weighted by atomic mass is 79.9. The number of hydrogen-bond donors (Lipinski definition) is 1. The van der Waals surface area contributed by atoms with Crippen LogP contribution in [0.2, 0.25) is 0 Å². The number of nitrogens with one attached hydrogen (secondary N) is 1. The van der Waals surface area contributed by atoms with Crippen LogP contribution in [0.25, 0.3) is 0 Å². The van der Waals surface area contributed by atoms with Crippen LogP contribution in [0, 0.1) is 13.8 Å². The zero-order valence-electron chi connectivity index (χ0n) is 10.0. The highest BCUT2D eigenvalue weighted by molar-refractivity contribution is 9.10. The van der Waals surface area contributed by atoms with Gasteiger partial charge in [-0.25, -0.2) is 0 Å². The molecule has 0 fully saturated rings. The van der Waals surface area contributed by atoms with Gasteiger partial charge in [-0.1, -0.05) is 0 Å². The van der Waals surface area contributed by atoms with Gasteiger partial charge >= 0.3 is 0 Å². The Labute approximate surface area is 109 Å². The van der Waals surface area contributed by atoms with Crippen LogP contribution in [0.1, 0.15) is 17.0 Å². The van der Waals surface area contributed by atoms with Gasteiger partial charge in [-0.2, -0.15) is 5.10 Å². The molecule has 0 atom stereocenters. The molecule has 2 aromatic rings. The molecule has 0 amide bonds. The van der Waals surface area contributed by atoms with Gasteiger partial charge in [0.15, 0.2) is 0 Å². The van der Waals surface area contributed by atoms with Crippen LogP contribution in [0.5, 0.6) is 0 Å². The number of aromatic nitrogens is 2. The van der Waals surface area contributed by atoms with E-state index in [1.54, 1.807) is 12.5 Å². The monoisotopic (exact) mass is 297 g/mol. The summed E-state index contributed by atoms with van der Waals surface area (Å²) in [4.78, 5) is 0. The maximum absolute atomic E-state index is 5.00. The van der Waals surface area contributed by atoms with Gasteiger partial charge in [0, 0.05) is 24.3 Å². The largest absolute Gasteiger partial charge is 0.472 e. The molecule has 0 aliphatic rings. The zero-order chi connectivity index (χ0) is 12.3. The van der Waals surface area contributed by atoms with Gasteiger partial charge in [-0.15, -0.1) is 0 Å². The van der Waals surface area contributed by atoms with Gasteiger partial charge < -0.3 is 9.73 Å². The van der Waals surface area contributed by atoms with Crippen molar-refractivity contribution < 1.29 is 4.42 Å². The molecule has 17 heavy (non-hydrogen) atoms. The van der Waals surface area contributed by atoms with Crippen molar-refractivity contribution >= 4 is 15.9 Å². The van der Waals surface area contributed by atoms with Crippen LogP contribution in [0.15, 0.2) is 27.5 Å². The van der Waals surface area contributed by atoms with Crippen molar-refractivity contribution in [2.75, 3.05) is 6.54 Å². The van der Waals surface area contributed by atoms with E-state index in [1.165, 1.54) is 11.3 Å². The Bertz CT molecular complexity index is 476. The van der Waals surface area contributed by atoms with Gasteiger partial charge in [-0.05, 0) is 35.8 Å². The lowest BCUT2D eigenvalue weighted by Gasteiger charge is -2.05. The molecule has 2 rings (SSSR count). The van der Waals surface area contributed by atoms with E-state index in [0.29, 0.717) is 0 Å². The van der Waals surface area contributed by atoms with E-state index in [4.69, 9.17) is 4.42 Å². The standard InChI is InChI=1S/C12H16BrN3O/c1-9-12(13)10(2)16(15-9)5-4-14-7-11-3-6-17-8-11/h3,6,8,14H,4-5,7H2,1-2H3. The predicted molar refractivity (Wildman–Crippen MR) is 69.8 cm³/mol. The summed E-state index contributed by atoms with van der Waals surface area (Å²) in [6.45, 7) is 6.67. The second-order valence-electron chi connectivity index (χ2n) is 4.02. The summed E-state index contributed by atoms with van der Waals surface area (Å²) in [5.74, 6) is 0. The normalized spacial score (nSPS) is 11.0. The first-order valence-electron chi connectivity index (χ1n) is 5.60. The lowest BCUT2D eigenvalue weighted by Crippen LogP contribution is -2.20. The van der Waals surface area contributed by atoms with E-state index in [9.17, 15) is 0 Å². The number of nitrogens with zero attached hydrogens (tertiary/aromatic N) is 2. The van der Waals surface area contributed by atoms with Crippen molar-refractivity contribution in [3.63, 3.8) is 0 Å². The van der Waals surface area contributed by atoms with E-state index in [-0.39, 0.29) is 0 Å². The molecule has 0 bridgehead atoms. The van der Waals surface area contributed by atoms with Gasteiger partial charge in [0.1, 0.15) is 0 Å². The van der Waals surface area contributed by atoms with E-state index >= 15 is 0 Å². The molecule has 0 aromatic carbocycles. The van der Waals surface area contributed by atoms with E-state index in [1.807, 2.05) is 17.7 Å². The Morgan fingerprint density at radius 1 is 1.47 bits per heavy atom. The molecule has 0 spiro atoms. The fraction of sp³-hybridized carbons (Fsp3) is 0.417. The Balaban J connectivity index is 1.80. The Hall–Kier alpha value is -1.07. The molecule has 0 aliphatic carbocycles. The maximum Gasteiger partial charge on any atom is 0.0947 e. The third-order valence-electron chi connectivity index (χ3n) is 2.70. The van der Waals surface area contributed by atoms with Crippen molar-refractivity contribution in [3.05, 3.63) is 40.0 Å². The van der Waals surface area contributed by atoms with Crippen LogP contribution in [-0.2, 0) is 13.1 Å². The lowest BCUT2D eigenvalue weighted by atomic mass is 10.3. The van der Waals surface area contributed by atoms with Crippen molar-refractivity contribution in [3.8, 4) is 0 Å². The zero-order valence-corrected chi connectivity index (χ0v) is 11.6. The van der Waals surface area contributed by atoms with Gasteiger partial charge in [-0.3, -0.25) is 4.68 Å². The second kappa shape index (κ2) is 5.51. The Kier molecular flexibility index (Phi) is 4.02. The molecule has 1 N–H and O–H groups in total. The van der Waals surface area contributed by atoms with Crippen molar-refractivity contribution in [2.24, 2.45) is 0 Å². The fourth-order valence-corrected chi connectivity index (χ4v) is 1.99. The highest BCUT2D eigenvalue weighted by Crippen LogP contribution is 2.19. The minimum Gasteiger partial charge on any atom is -0.472 e.